The second-order valence-electron chi connectivity index (χ2n) is 3.36. The first-order chi connectivity index (χ1) is 8.13. The van der Waals surface area contributed by atoms with Gasteiger partial charge in [0.25, 0.3) is 0 Å². The molecule has 1 heterocycles. The minimum absolute atomic E-state index is 0.191. The zero-order chi connectivity index (χ0) is 12.7. The SMILES string of the molecule is C=Cc1cccc(CP(=O)(OCC)OCC)n1. The van der Waals surface area contributed by atoms with E-state index in [0.29, 0.717) is 18.9 Å². The second-order valence-corrected chi connectivity index (χ2v) is 5.42. The Bertz CT molecular complexity index is 410. The lowest BCUT2D eigenvalue weighted by atomic mass is 10.3. The molecule has 0 radical (unpaired) electrons. The van der Waals surface area contributed by atoms with E-state index in [1.807, 2.05) is 12.1 Å². The van der Waals surface area contributed by atoms with Gasteiger partial charge >= 0.3 is 7.60 Å². The predicted octanol–water partition coefficient (Wildman–Crippen LogP) is 3.49. The molecule has 1 rings (SSSR count). The monoisotopic (exact) mass is 255 g/mol. The van der Waals surface area contributed by atoms with Crippen LogP contribution < -0.4 is 0 Å². The summed E-state index contributed by atoms with van der Waals surface area (Å²) in [5, 5.41) is 0. The van der Waals surface area contributed by atoms with Crippen molar-refractivity contribution in [3.05, 3.63) is 36.2 Å². The van der Waals surface area contributed by atoms with E-state index in [0.717, 1.165) is 5.69 Å². The summed E-state index contributed by atoms with van der Waals surface area (Å²) in [6.45, 7) is 7.95. The third-order valence-electron chi connectivity index (χ3n) is 2.04. The van der Waals surface area contributed by atoms with Crippen molar-refractivity contribution in [3.63, 3.8) is 0 Å². The van der Waals surface area contributed by atoms with Crippen LogP contribution >= 0.6 is 7.60 Å². The molecule has 0 aliphatic rings. The highest BCUT2D eigenvalue weighted by molar-refractivity contribution is 7.53. The number of rotatable bonds is 7. The predicted molar refractivity (Wildman–Crippen MR) is 68.9 cm³/mol. The first-order valence-corrected chi connectivity index (χ1v) is 7.33. The van der Waals surface area contributed by atoms with E-state index in [-0.39, 0.29) is 6.16 Å². The number of nitrogens with zero attached hydrogens (tertiary/aromatic N) is 1. The molecule has 0 N–H and O–H groups in total. The minimum Gasteiger partial charge on any atom is -0.309 e. The van der Waals surface area contributed by atoms with Gasteiger partial charge in [-0.2, -0.15) is 0 Å². The molecule has 0 saturated heterocycles. The Kier molecular flexibility index (Phi) is 5.56. The zero-order valence-corrected chi connectivity index (χ0v) is 11.2. The van der Waals surface area contributed by atoms with Gasteiger partial charge in [0.1, 0.15) is 0 Å². The van der Waals surface area contributed by atoms with Gasteiger partial charge in [0.2, 0.25) is 0 Å². The maximum atomic E-state index is 12.3. The molecule has 0 amide bonds. The van der Waals surface area contributed by atoms with Gasteiger partial charge in [0.05, 0.1) is 30.8 Å². The molecular formula is C12H18NO3P. The first-order valence-electron chi connectivity index (χ1n) is 5.60. The first kappa shape index (κ1) is 14.1. The number of hydrogen-bond donors (Lipinski definition) is 0. The van der Waals surface area contributed by atoms with E-state index < -0.39 is 7.60 Å². The molecule has 0 bridgehead atoms. The Morgan fingerprint density at radius 3 is 2.53 bits per heavy atom. The van der Waals surface area contributed by atoms with Gasteiger partial charge in [-0.05, 0) is 32.1 Å². The molecule has 0 aliphatic carbocycles. The van der Waals surface area contributed by atoms with Crippen LogP contribution in [0.3, 0.4) is 0 Å². The van der Waals surface area contributed by atoms with Crippen molar-refractivity contribution in [1.29, 1.82) is 0 Å². The third kappa shape index (κ3) is 4.43. The lowest BCUT2D eigenvalue weighted by molar-refractivity contribution is 0.219. The maximum absolute atomic E-state index is 12.3. The molecule has 0 spiro atoms. The summed E-state index contributed by atoms with van der Waals surface area (Å²) in [5.41, 5.74) is 1.44. The molecule has 0 atom stereocenters. The molecule has 0 unspecified atom stereocenters. The van der Waals surface area contributed by atoms with Crippen molar-refractivity contribution in [2.24, 2.45) is 0 Å². The van der Waals surface area contributed by atoms with Gasteiger partial charge in [-0.3, -0.25) is 9.55 Å². The van der Waals surface area contributed by atoms with Crippen molar-refractivity contribution in [3.8, 4) is 0 Å². The van der Waals surface area contributed by atoms with Crippen LogP contribution in [0.5, 0.6) is 0 Å². The summed E-state index contributed by atoms with van der Waals surface area (Å²) in [6.07, 6.45) is 1.84. The molecule has 0 fully saturated rings. The lowest BCUT2D eigenvalue weighted by Crippen LogP contribution is -2.01. The van der Waals surface area contributed by atoms with Gasteiger partial charge in [0.15, 0.2) is 0 Å². The van der Waals surface area contributed by atoms with Crippen molar-refractivity contribution in [1.82, 2.24) is 4.98 Å². The van der Waals surface area contributed by atoms with Crippen LogP contribution in [-0.4, -0.2) is 18.2 Å². The highest BCUT2D eigenvalue weighted by Crippen LogP contribution is 2.50. The maximum Gasteiger partial charge on any atom is 0.336 e. The van der Waals surface area contributed by atoms with Crippen LogP contribution in [0.15, 0.2) is 24.8 Å². The fourth-order valence-electron chi connectivity index (χ4n) is 1.42. The molecule has 5 heteroatoms. The minimum atomic E-state index is -3.07. The van der Waals surface area contributed by atoms with E-state index in [4.69, 9.17) is 9.05 Å². The van der Waals surface area contributed by atoms with Crippen molar-refractivity contribution in [2.45, 2.75) is 20.0 Å². The number of hydrogen-bond acceptors (Lipinski definition) is 4. The molecule has 4 nitrogen and oxygen atoms in total. The lowest BCUT2D eigenvalue weighted by Gasteiger charge is -2.16. The van der Waals surface area contributed by atoms with Gasteiger partial charge in [-0.15, -0.1) is 0 Å². The van der Waals surface area contributed by atoms with E-state index in [9.17, 15) is 4.57 Å². The average molecular weight is 255 g/mol. The van der Waals surface area contributed by atoms with E-state index in [1.54, 1.807) is 26.0 Å². The van der Waals surface area contributed by atoms with E-state index >= 15 is 0 Å². The molecule has 94 valence electrons. The second kappa shape index (κ2) is 6.70. The molecule has 0 saturated carbocycles. The van der Waals surface area contributed by atoms with Crippen LogP contribution in [0, 0.1) is 0 Å². The van der Waals surface area contributed by atoms with Gasteiger partial charge in [-0.25, -0.2) is 0 Å². The van der Waals surface area contributed by atoms with Crippen molar-refractivity contribution < 1.29 is 13.6 Å². The molecular weight excluding hydrogens is 237 g/mol. The Hall–Kier alpha value is -0.960. The summed E-state index contributed by atoms with van der Waals surface area (Å²) < 4.78 is 22.7. The van der Waals surface area contributed by atoms with E-state index in [1.165, 1.54) is 0 Å². The fraction of sp³-hybridized carbons (Fsp3) is 0.417. The van der Waals surface area contributed by atoms with Crippen LogP contribution in [0.25, 0.3) is 6.08 Å². The zero-order valence-electron chi connectivity index (χ0n) is 10.3. The van der Waals surface area contributed by atoms with Crippen LogP contribution in [0.4, 0.5) is 0 Å². The molecule has 1 aromatic heterocycles. The largest absolute Gasteiger partial charge is 0.336 e. The molecule has 0 aromatic carbocycles. The summed E-state index contributed by atoms with van der Waals surface area (Å²) >= 11 is 0. The fourth-order valence-corrected chi connectivity index (χ4v) is 3.04. The Morgan fingerprint density at radius 1 is 1.35 bits per heavy atom. The smallest absolute Gasteiger partial charge is 0.309 e. The van der Waals surface area contributed by atoms with Crippen LogP contribution in [-0.2, 0) is 19.8 Å². The Morgan fingerprint density at radius 2 is 2.00 bits per heavy atom. The molecule has 17 heavy (non-hydrogen) atoms. The van der Waals surface area contributed by atoms with Gasteiger partial charge < -0.3 is 9.05 Å². The Balaban J connectivity index is 2.85. The van der Waals surface area contributed by atoms with Gasteiger partial charge in [-0.1, -0.05) is 12.6 Å². The highest BCUT2D eigenvalue weighted by atomic mass is 31.2. The Labute approximate surface area is 102 Å². The summed E-state index contributed by atoms with van der Waals surface area (Å²) in [6, 6.07) is 5.49. The van der Waals surface area contributed by atoms with Crippen LogP contribution in [0.1, 0.15) is 25.2 Å². The normalized spacial score (nSPS) is 11.4. The average Bonchev–Trinajstić information content (AvgIpc) is 2.29. The summed E-state index contributed by atoms with van der Waals surface area (Å²) in [5.74, 6) is 0. The summed E-state index contributed by atoms with van der Waals surface area (Å²) in [4.78, 5) is 4.29. The quantitative estimate of drug-likeness (QED) is 0.700. The molecule has 1 aromatic rings. The van der Waals surface area contributed by atoms with Crippen molar-refractivity contribution in [2.75, 3.05) is 13.2 Å². The number of aromatic nitrogens is 1. The van der Waals surface area contributed by atoms with Gasteiger partial charge in [0, 0.05) is 0 Å². The highest BCUT2D eigenvalue weighted by Gasteiger charge is 2.24. The van der Waals surface area contributed by atoms with E-state index in [2.05, 4.69) is 11.6 Å². The third-order valence-corrected chi connectivity index (χ3v) is 4.06. The van der Waals surface area contributed by atoms with Crippen molar-refractivity contribution >= 4 is 13.7 Å². The number of pyridine rings is 1. The summed E-state index contributed by atoms with van der Waals surface area (Å²) in [7, 11) is -3.07. The van der Waals surface area contributed by atoms with Crippen LogP contribution in [0.2, 0.25) is 0 Å². The topological polar surface area (TPSA) is 48.4 Å². The standard InChI is InChI=1S/C12H18NO3P/c1-4-11-8-7-9-12(13-11)10-17(14,15-5-2)16-6-3/h4,7-9H,1,5-6,10H2,2-3H3. The molecule has 0 aliphatic heterocycles.